The van der Waals surface area contributed by atoms with Gasteiger partial charge in [-0.2, -0.15) is 5.10 Å². The number of halogens is 1. The van der Waals surface area contributed by atoms with Crippen LogP contribution in [-0.4, -0.2) is 46.7 Å². The molecule has 0 N–H and O–H groups in total. The highest BCUT2D eigenvalue weighted by molar-refractivity contribution is 9.09. The molecular formula is C15H23BrN4O. The minimum absolute atomic E-state index is 0.0239. The lowest BCUT2D eigenvalue weighted by molar-refractivity contribution is 0.205. The molecule has 0 aromatic carbocycles. The molecule has 0 amide bonds. The van der Waals surface area contributed by atoms with E-state index in [1.165, 1.54) is 0 Å². The maximum absolute atomic E-state index is 5.20. The second-order valence-electron chi connectivity index (χ2n) is 6.03. The molecule has 0 saturated heterocycles. The Labute approximate surface area is 134 Å². The fraction of sp³-hybridized carbons (Fsp3) is 0.600. The summed E-state index contributed by atoms with van der Waals surface area (Å²) in [6.07, 6.45) is 3.70. The zero-order valence-electron chi connectivity index (χ0n) is 13.1. The summed E-state index contributed by atoms with van der Waals surface area (Å²) in [7, 11) is 1.72. The first-order valence-electron chi connectivity index (χ1n) is 7.12. The van der Waals surface area contributed by atoms with E-state index in [4.69, 9.17) is 4.74 Å². The summed E-state index contributed by atoms with van der Waals surface area (Å²) in [6.45, 7) is 8.88. The summed E-state index contributed by atoms with van der Waals surface area (Å²) in [5, 5.41) is 5.56. The van der Waals surface area contributed by atoms with E-state index < -0.39 is 0 Å². The highest BCUT2D eigenvalue weighted by atomic mass is 79.9. The third-order valence-electron chi connectivity index (χ3n) is 3.36. The summed E-state index contributed by atoms with van der Waals surface area (Å²) in [5.41, 5.74) is 2.14. The first kappa shape index (κ1) is 16.2. The Morgan fingerprint density at radius 3 is 2.71 bits per heavy atom. The Balaban J connectivity index is 2.44. The fourth-order valence-electron chi connectivity index (χ4n) is 2.15. The van der Waals surface area contributed by atoms with E-state index in [0.29, 0.717) is 6.61 Å². The molecule has 6 heteroatoms. The third-order valence-corrected chi connectivity index (χ3v) is 3.71. The molecule has 2 heterocycles. The van der Waals surface area contributed by atoms with Gasteiger partial charge in [0.05, 0.1) is 12.3 Å². The summed E-state index contributed by atoms with van der Waals surface area (Å²) in [6, 6.07) is 2.14. The van der Waals surface area contributed by atoms with Crippen LogP contribution in [0.1, 0.15) is 26.5 Å². The number of fused-ring (bicyclic) bond motifs is 1. The summed E-state index contributed by atoms with van der Waals surface area (Å²) in [5.74, 6) is 0.956. The molecule has 5 nitrogen and oxygen atoms in total. The van der Waals surface area contributed by atoms with Crippen molar-refractivity contribution in [2.45, 2.75) is 26.2 Å². The van der Waals surface area contributed by atoms with E-state index in [-0.39, 0.29) is 5.41 Å². The quantitative estimate of drug-likeness (QED) is 0.748. The molecule has 0 saturated carbocycles. The lowest BCUT2D eigenvalue weighted by Gasteiger charge is -2.22. The van der Waals surface area contributed by atoms with Gasteiger partial charge in [-0.25, -0.2) is 9.50 Å². The number of hydrogen-bond donors (Lipinski definition) is 0. The van der Waals surface area contributed by atoms with Crippen LogP contribution in [-0.2, 0) is 10.2 Å². The average Bonchev–Trinajstić information content (AvgIpc) is 2.87. The van der Waals surface area contributed by atoms with Gasteiger partial charge in [-0.1, -0.05) is 36.7 Å². The molecule has 0 aliphatic heterocycles. The average molecular weight is 355 g/mol. The lowest BCUT2D eigenvalue weighted by Crippen LogP contribution is -2.30. The SMILES string of the molecule is COCCN(CCBr)c1nccn2nc(C(C)(C)C)cc12. The van der Waals surface area contributed by atoms with Gasteiger partial charge in [0.15, 0.2) is 5.82 Å². The van der Waals surface area contributed by atoms with E-state index in [1.54, 1.807) is 13.3 Å². The molecule has 0 atom stereocenters. The van der Waals surface area contributed by atoms with Crippen molar-refractivity contribution in [3.05, 3.63) is 24.2 Å². The van der Waals surface area contributed by atoms with Crippen LogP contribution in [0.5, 0.6) is 0 Å². The Kier molecular flexibility index (Phi) is 5.22. The van der Waals surface area contributed by atoms with E-state index in [1.807, 2.05) is 10.7 Å². The second-order valence-corrected chi connectivity index (χ2v) is 6.82. The molecule has 116 valence electrons. The molecule has 0 bridgehead atoms. The van der Waals surface area contributed by atoms with E-state index in [9.17, 15) is 0 Å². The Bertz CT molecular complexity index is 591. The second kappa shape index (κ2) is 6.75. The van der Waals surface area contributed by atoms with Crippen LogP contribution in [0.3, 0.4) is 0 Å². The number of rotatable bonds is 6. The molecule has 0 radical (unpaired) electrons. The largest absolute Gasteiger partial charge is 0.383 e. The first-order chi connectivity index (χ1) is 9.97. The van der Waals surface area contributed by atoms with Crippen LogP contribution < -0.4 is 4.90 Å². The van der Waals surface area contributed by atoms with Crippen molar-refractivity contribution in [1.29, 1.82) is 0 Å². The molecule has 0 aliphatic rings. The minimum atomic E-state index is 0.0239. The summed E-state index contributed by atoms with van der Waals surface area (Å²) < 4.78 is 7.12. The van der Waals surface area contributed by atoms with Gasteiger partial charge in [0.25, 0.3) is 0 Å². The fourth-order valence-corrected chi connectivity index (χ4v) is 2.57. The summed E-state index contributed by atoms with van der Waals surface area (Å²) >= 11 is 3.51. The van der Waals surface area contributed by atoms with Crippen LogP contribution in [0.15, 0.2) is 18.5 Å². The monoisotopic (exact) mass is 354 g/mol. The van der Waals surface area contributed by atoms with Gasteiger partial charge < -0.3 is 9.64 Å². The molecule has 2 aromatic rings. The zero-order chi connectivity index (χ0) is 15.5. The Hall–Kier alpha value is -1.14. The molecule has 0 unspecified atom stereocenters. The van der Waals surface area contributed by atoms with Gasteiger partial charge in [-0.15, -0.1) is 0 Å². The first-order valence-corrected chi connectivity index (χ1v) is 8.24. The number of alkyl halides is 1. The van der Waals surface area contributed by atoms with Crippen LogP contribution in [0.4, 0.5) is 5.82 Å². The van der Waals surface area contributed by atoms with Gasteiger partial charge in [0.2, 0.25) is 0 Å². The van der Waals surface area contributed by atoms with E-state index in [0.717, 1.165) is 35.4 Å². The third kappa shape index (κ3) is 3.74. The van der Waals surface area contributed by atoms with Crippen LogP contribution in [0.2, 0.25) is 0 Å². The van der Waals surface area contributed by atoms with Crippen molar-refractivity contribution in [2.24, 2.45) is 0 Å². The molecule has 0 spiro atoms. The van der Waals surface area contributed by atoms with Crippen molar-refractivity contribution in [1.82, 2.24) is 14.6 Å². The van der Waals surface area contributed by atoms with Gasteiger partial charge in [0, 0.05) is 43.3 Å². The highest BCUT2D eigenvalue weighted by Crippen LogP contribution is 2.26. The molecular weight excluding hydrogens is 332 g/mol. The minimum Gasteiger partial charge on any atom is -0.383 e. The molecule has 0 fully saturated rings. The van der Waals surface area contributed by atoms with Crippen LogP contribution in [0, 0.1) is 0 Å². The van der Waals surface area contributed by atoms with Crippen molar-refractivity contribution < 1.29 is 4.74 Å². The van der Waals surface area contributed by atoms with Gasteiger partial charge in [-0.3, -0.25) is 0 Å². The van der Waals surface area contributed by atoms with Gasteiger partial charge in [-0.05, 0) is 6.07 Å². The smallest absolute Gasteiger partial charge is 0.154 e. The van der Waals surface area contributed by atoms with Gasteiger partial charge >= 0.3 is 0 Å². The van der Waals surface area contributed by atoms with Crippen molar-refractivity contribution in [3.63, 3.8) is 0 Å². The molecule has 2 rings (SSSR count). The predicted molar refractivity (Wildman–Crippen MR) is 89.6 cm³/mol. The number of nitrogens with zero attached hydrogens (tertiary/aromatic N) is 4. The summed E-state index contributed by atoms with van der Waals surface area (Å²) in [4.78, 5) is 6.79. The molecule has 2 aromatic heterocycles. The highest BCUT2D eigenvalue weighted by Gasteiger charge is 2.20. The van der Waals surface area contributed by atoms with Crippen molar-refractivity contribution in [2.75, 3.05) is 37.0 Å². The van der Waals surface area contributed by atoms with Gasteiger partial charge in [0.1, 0.15) is 5.52 Å². The standard InChI is InChI=1S/C15H23BrN4O/c1-15(2,3)13-11-12-14(17-6-8-20(12)18-13)19(7-5-16)9-10-21-4/h6,8,11H,5,7,9-10H2,1-4H3. The number of hydrogen-bond acceptors (Lipinski definition) is 4. The number of aromatic nitrogens is 3. The van der Waals surface area contributed by atoms with Crippen LogP contribution in [0.25, 0.3) is 5.52 Å². The lowest BCUT2D eigenvalue weighted by atomic mass is 9.92. The normalized spacial score (nSPS) is 12.0. The van der Waals surface area contributed by atoms with E-state index in [2.05, 4.69) is 57.8 Å². The molecule has 0 aliphatic carbocycles. The van der Waals surface area contributed by atoms with Crippen molar-refractivity contribution >= 4 is 27.3 Å². The maximum Gasteiger partial charge on any atom is 0.154 e. The number of methoxy groups -OCH3 is 1. The number of anilines is 1. The Morgan fingerprint density at radius 1 is 1.33 bits per heavy atom. The zero-order valence-corrected chi connectivity index (χ0v) is 14.7. The predicted octanol–water partition coefficient (Wildman–Crippen LogP) is 2.87. The molecule has 21 heavy (non-hydrogen) atoms. The van der Waals surface area contributed by atoms with E-state index >= 15 is 0 Å². The Morgan fingerprint density at radius 2 is 2.10 bits per heavy atom. The number of ether oxygens (including phenoxy) is 1. The van der Waals surface area contributed by atoms with Crippen LogP contribution >= 0.6 is 15.9 Å². The van der Waals surface area contributed by atoms with Crippen molar-refractivity contribution in [3.8, 4) is 0 Å². The maximum atomic E-state index is 5.20. The topological polar surface area (TPSA) is 42.7 Å².